The van der Waals surface area contributed by atoms with E-state index < -0.39 is 0 Å². The van der Waals surface area contributed by atoms with Crippen LogP contribution in [0.15, 0.2) is 48.5 Å². The molecule has 0 aromatic heterocycles. The SMILES string of the molecule is CCC(C)(C)c1ccc(OCCOc2cccc(CNC(=O)CC#N)c2)cc1. The lowest BCUT2D eigenvalue weighted by Crippen LogP contribution is -2.21. The lowest BCUT2D eigenvalue weighted by atomic mass is 9.82. The third-order valence-electron chi connectivity index (χ3n) is 4.77. The number of hydrogen-bond donors (Lipinski definition) is 1. The number of benzene rings is 2. The predicted octanol–water partition coefficient (Wildman–Crippen LogP) is 4.36. The second-order valence-corrected chi connectivity index (χ2v) is 7.22. The maximum absolute atomic E-state index is 11.4. The third kappa shape index (κ3) is 6.62. The van der Waals surface area contributed by atoms with Crippen molar-refractivity contribution in [2.45, 2.75) is 45.6 Å². The highest BCUT2D eigenvalue weighted by atomic mass is 16.5. The summed E-state index contributed by atoms with van der Waals surface area (Å²) < 4.78 is 11.5. The summed E-state index contributed by atoms with van der Waals surface area (Å²) in [6.45, 7) is 7.90. The average Bonchev–Trinajstić information content (AvgIpc) is 2.70. The van der Waals surface area contributed by atoms with Gasteiger partial charge in [-0.25, -0.2) is 0 Å². The van der Waals surface area contributed by atoms with Gasteiger partial charge in [-0.2, -0.15) is 5.26 Å². The van der Waals surface area contributed by atoms with Crippen molar-refractivity contribution >= 4 is 5.91 Å². The fourth-order valence-corrected chi connectivity index (χ4v) is 2.61. The van der Waals surface area contributed by atoms with Crippen molar-refractivity contribution in [1.29, 1.82) is 5.26 Å². The Balaban J connectivity index is 1.77. The molecule has 0 bridgehead atoms. The van der Waals surface area contributed by atoms with Gasteiger partial charge in [0.2, 0.25) is 5.91 Å². The molecule has 0 heterocycles. The normalized spacial score (nSPS) is 10.8. The van der Waals surface area contributed by atoms with Crippen molar-refractivity contribution in [2.24, 2.45) is 0 Å². The molecular formula is C23H28N2O3. The van der Waals surface area contributed by atoms with Gasteiger partial charge in [-0.1, -0.05) is 45.0 Å². The van der Waals surface area contributed by atoms with Gasteiger partial charge in [0.1, 0.15) is 31.1 Å². The summed E-state index contributed by atoms with van der Waals surface area (Å²) in [7, 11) is 0. The first-order valence-corrected chi connectivity index (χ1v) is 9.53. The second kappa shape index (κ2) is 10.4. The van der Waals surface area contributed by atoms with Gasteiger partial charge in [-0.05, 0) is 47.2 Å². The molecule has 2 rings (SSSR count). The number of ether oxygens (including phenoxy) is 2. The van der Waals surface area contributed by atoms with Crippen LogP contribution in [0.25, 0.3) is 0 Å². The minimum atomic E-state index is -0.282. The maximum atomic E-state index is 11.4. The second-order valence-electron chi connectivity index (χ2n) is 7.22. The summed E-state index contributed by atoms with van der Waals surface area (Å²) in [5, 5.41) is 11.2. The number of hydrogen-bond acceptors (Lipinski definition) is 4. The smallest absolute Gasteiger partial charge is 0.234 e. The molecule has 0 unspecified atom stereocenters. The van der Waals surface area contributed by atoms with Crippen molar-refractivity contribution in [3.8, 4) is 17.6 Å². The van der Waals surface area contributed by atoms with Gasteiger partial charge < -0.3 is 14.8 Å². The van der Waals surface area contributed by atoms with Gasteiger partial charge in [-0.3, -0.25) is 4.79 Å². The van der Waals surface area contributed by atoms with E-state index in [2.05, 4.69) is 38.2 Å². The average molecular weight is 380 g/mol. The molecule has 28 heavy (non-hydrogen) atoms. The molecule has 148 valence electrons. The molecule has 0 aliphatic rings. The Hall–Kier alpha value is -3.00. The van der Waals surface area contributed by atoms with Crippen LogP contribution in [0, 0.1) is 11.3 Å². The molecular weight excluding hydrogens is 352 g/mol. The van der Waals surface area contributed by atoms with Crippen LogP contribution in [-0.4, -0.2) is 19.1 Å². The molecule has 2 aromatic carbocycles. The molecule has 5 nitrogen and oxygen atoms in total. The Morgan fingerprint density at radius 2 is 1.75 bits per heavy atom. The van der Waals surface area contributed by atoms with E-state index in [1.165, 1.54) is 5.56 Å². The van der Waals surface area contributed by atoms with Crippen LogP contribution in [0.1, 0.15) is 44.7 Å². The summed E-state index contributed by atoms with van der Waals surface area (Å²) in [5.41, 5.74) is 2.39. The van der Waals surface area contributed by atoms with Gasteiger partial charge >= 0.3 is 0 Å². The van der Waals surface area contributed by atoms with Crippen LogP contribution in [0.5, 0.6) is 11.5 Å². The third-order valence-corrected chi connectivity index (χ3v) is 4.77. The van der Waals surface area contributed by atoms with E-state index >= 15 is 0 Å². The molecule has 2 aromatic rings. The number of amides is 1. The van der Waals surface area contributed by atoms with E-state index in [1.54, 1.807) is 0 Å². The van der Waals surface area contributed by atoms with E-state index in [0.29, 0.717) is 19.8 Å². The summed E-state index contributed by atoms with van der Waals surface area (Å²) in [6.07, 6.45) is 0.951. The zero-order valence-corrected chi connectivity index (χ0v) is 16.8. The molecule has 1 amide bonds. The van der Waals surface area contributed by atoms with Crippen molar-refractivity contribution < 1.29 is 14.3 Å². The van der Waals surface area contributed by atoms with Crippen LogP contribution in [-0.2, 0) is 16.8 Å². The molecule has 0 spiro atoms. The standard InChI is InChI=1S/C23H28N2O3/c1-4-23(2,3)19-8-10-20(11-9-19)27-14-15-28-21-7-5-6-18(16-21)17-25-22(26)12-13-24/h5-11,16H,4,12,14-15,17H2,1-3H3,(H,25,26). The van der Waals surface area contributed by atoms with Crippen LogP contribution in [0.3, 0.4) is 0 Å². The van der Waals surface area contributed by atoms with E-state index in [4.69, 9.17) is 14.7 Å². The number of nitriles is 1. The Morgan fingerprint density at radius 3 is 2.39 bits per heavy atom. The number of carbonyl (C=O) groups excluding carboxylic acids is 1. The first-order valence-electron chi connectivity index (χ1n) is 9.53. The lowest BCUT2D eigenvalue weighted by molar-refractivity contribution is -0.120. The van der Waals surface area contributed by atoms with Crippen LogP contribution >= 0.6 is 0 Å². The summed E-state index contributed by atoms with van der Waals surface area (Å²) in [5.74, 6) is 1.26. The largest absolute Gasteiger partial charge is 0.490 e. The number of rotatable bonds is 10. The molecule has 0 atom stereocenters. The van der Waals surface area contributed by atoms with Crippen LogP contribution < -0.4 is 14.8 Å². The number of nitrogens with zero attached hydrogens (tertiary/aromatic N) is 1. The highest BCUT2D eigenvalue weighted by Gasteiger charge is 2.17. The van der Waals surface area contributed by atoms with Crippen LogP contribution in [0.4, 0.5) is 0 Å². The number of carbonyl (C=O) groups is 1. The van der Waals surface area contributed by atoms with Gasteiger partial charge in [-0.15, -0.1) is 0 Å². The van der Waals surface area contributed by atoms with Crippen molar-refractivity contribution in [1.82, 2.24) is 5.32 Å². The van der Waals surface area contributed by atoms with Gasteiger partial charge in [0.15, 0.2) is 0 Å². The minimum absolute atomic E-state index is 0.134. The van der Waals surface area contributed by atoms with E-state index in [0.717, 1.165) is 23.5 Å². The van der Waals surface area contributed by atoms with Gasteiger partial charge in [0.05, 0.1) is 6.07 Å². The molecule has 0 aliphatic heterocycles. The first-order chi connectivity index (χ1) is 13.4. The highest BCUT2D eigenvalue weighted by molar-refractivity contribution is 5.77. The molecule has 1 N–H and O–H groups in total. The Kier molecular flexibility index (Phi) is 7.88. The van der Waals surface area contributed by atoms with E-state index in [9.17, 15) is 4.79 Å². The minimum Gasteiger partial charge on any atom is -0.490 e. The van der Waals surface area contributed by atoms with E-state index in [-0.39, 0.29) is 17.7 Å². The Bertz CT molecular complexity index is 807. The monoisotopic (exact) mass is 380 g/mol. The lowest BCUT2D eigenvalue weighted by Gasteiger charge is -2.23. The van der Waals surface area contributed by atoms with Crippen molar-refractivity contribution in [3.63, 3.8) is 0 Å². The molecule has 0 aliphatic carbocycles. The fraction of sp³-hybridized carbons (Fsp3) is 0.391. The zero-order valence-electron chi connectivity index (χ0n) is 16.8. The molecule has 0 saturated carbocycles. The van der Waals surface area contributed by atoms with Gasteiger partial charge in [0.25, 0.3) is 0 Å². The fourth-order valence-electron chi connectivity index (χ4n) is 2.61. The van der Waals surface area contributed by atoms with Crippen molar-refractivity contribution in [2.75, 3.05) is 13.2 Å². The van der Waals surface area contributed by atoms with Crippen LogP contribution in [0.2, 0.25) is 0 Å². The predicted molar refractivity (Wildman–Crippen MR) is 109 cm³/mol. The number of nitrogens with one attached hydrogen (secondary N) is 1. The quantitative estimate of drug-likeness (QED) is 0.622. The Morgan fingerprint density at radius 1 is 1.07 bits per heavy atom. The first kappa shape index (κ1) is 21.3. The summed E-state index contributed by atoms with van der Waals surface area (Å²) in [6, 6.07) is 17.6. The summed E-state index contributed by atoms with van der Waals surface area (Å²) in [4.78, 5) is 11.4. The molecule has 0 fully saturated rings. The zero-order chi connectivity index (χ0) is 20.4. The summed E-state index contributed by atoms with van der Waals surface area (Å²) >= 11 is 0. The highest BCUT2D eigenvalue weighted by Crippen LogP contribution is 2.28. The molecule has 5 heteroatoms. The van der Waals surface area contributed by atoms with Gasteiger partial charge in [0, 0.05) is 6.54 Å². The van der Waals surface area contributed by atoms with Crippen molar-refractivity contribution in [3.05, 3.63) is 59.7 Å². The Labute approximate surface area is 167 Å². The molecule has 0 radical (unpaired) electrons. The molecule has 0 saturated heterocycles. The maximum Gasteiger partial charge on any atom is 0.234 e. The topological polar surface area (TPSA) is 71.3 Å². The van der Waals surface area contributed by atoms with E-state index in [1.807, 2.05) is 42.5 Å².